The quantitative estimate of drug-likeness (QED) is 0.399. The van der Waals surface area contributed by atoms with Crippen LogP contribution in [0.3, 0.4) is 0 Å². The van der Waals surface area contributed by atoms with Crippen molar-refractivity contribution in [2.45, 2.75) is 59.8 Å². The van der Waals surface area contributed by atoms with Gasteiger partial charge in [-0.2, -0.15) is 0 Å². The third-order valence-corrected chi connectivity index (χ3v) is 5.19. The Bertz CT molecular complexity index is 451. The maximum Gasteiger partial charge on any atom is 0.379 e. The van der Waals surface area contributed by atoms with Crippen molar-refractivity contribution in [2.24, 2.45) is 0 Å². The number of unbranched alkanes of at least 4 members (excludes halogenated alkanes) is 3. The molecule has 0 saturated carbocycles. The molecular weight excluding hydrogens is 283 g/mol. The molecule has 4 heteroatoms. The van der Waals surface area contributed by atoms with Crippen molar-refractivity contribution in [1.29, 1.82) is 0 Å². The predicted octanol–water partition coefficient (Wildman–Crippen LogP) is 5.88. The molecule has 0 amide bonds. The first-order valence-electron chi connectivity index (χ1n) is 8.00. The average Bonchev–Trinajstić information content (AvgIpc) is 2.40. The maximum absolute atomic E-state index is 12.9. The lowest BCUT2D eigenvalue weighted by Crippen LogP contribution is -2.04. The number of aryl methyl sites for hydroxylation is 2. The number of benzene rings is 1. The summed E-state index contributed by atoms with van der Waals surface area (Å²) in [5, 5.41) is 0. The Hall–Kier alpha value is -0.790. The third-order valence-electron chi connectivity index (χ3n) is 3.26. The van der Waals surface area contributed by atoms with E-state index in [1.54, 1.807) is 0 Å². The van der Waals surface area contributed by atoms with Crippen LogP contribution in [0.2, 0.25) is 0 Å². The van der Waals surface area contributed by atoms with E-state index in [4.69, 9.17) is 9.05 Å². The van der Waals surface area contributed by atoms with Gasteiger partial charge in [-0.15, -0.1) is 0 Å². The van der Waals surface area contributed by atoms with Crippen molar-refractivity contribution in [1.82, 2.24) is 0 Å². The number of rotatable bonds is 10. The Morgan fingerprint density at radius 3 is 2.14 bits per heavy atom. The fourth-order valence-corrected chi connectivity index (χ4v) is 4.00. The standard InChI is InChI=1S/C17H29O3P/c1-5-7-9-10-19-21(18,11-8-6-2)20-17-13-15(3)12-16(4)14-17/h12-14H,5-11H2,1-4H3. The van der Waals surface area contributed by atoms with Gasteiger partial charge < -0.3 is 4.52 Å². The van der Waals surface area contributed by atoms with Gasteiger partial charge in [-0.05, 0) is 49.9 Å². The molecule has 0 aliphatic heterocycles. The van der Waals surface area contributed by atoms with Crippen LogP contribution in [-0.4, -0.2) is 12.8 Å². The summed E-state index contributed by atoms with van der Waals surface area (Å²) in [5.74, 6) is 0.655. The van der Waals surface area contributed by atoms with Crippen molar-refractivity contribution >= 4 is 7.60 Å². The Morgan fingerprint density at radius 1 is 0.952 bits per heavy atom. The summed E-state index contributed by atoms with van der Waals surface area (Å²) in [7, 11) is -3.04. The second kappa shape index (κ2) is 9.27. The summed E-state index contributed by atoms with van der Waals surface area (Å²) < 4.78 is 24.3. The first-order chi connectivity index (χ1) is 9.99. The minimum absolute atomic E-state index is 0.489. The van der Waals surface area contributed by atoms with Crippen LogP contribution >= 0.6 is 7.60 Å². The third kappa shape index (κ3) is 7.15. The molecule has 120 valence electrons. The Kier molecular flexibility index (Phi) is 8.06. The highest BCUT2D eigenvalue weighted by Gasteiger charge is 2.25. The van der Waals surface area contributed by atoms with Crippen LogP contribution < -0.4 is 4.52 Å². The lowest BCUT2D eigenvalue weighted by molar-refractivity contribution is 0.257. The van der Waals surface area contributed by atoms with Crippen LogP contribution in [0.15, 0.2) is 18.2 Å². The van der Waals surface area contributed by atoms with Crippen molar-refractivity contribution in [3.8, 4) is 5.75 Å². The van der Waals surface area contributed by atoms with Gasteiger partial charge in [-0.3, -0.25) is 4.52 Å². The highest BCUT2D eigenvalue weighted by molar-refractivity contribution is 7.54. The van der Waals surface area contributed by atoms with Crippen molar-refractivity contribution < 1.29 is 13.6 Å². The van der Waals surface area contributed by atoms with E-state index >= 15 is 0 Å². The summed E-state index contributed by atoms with van der Waals surface area (Å²) in [6, 6.07) is 5.91. The molecule has 0 spiro atoms. The van der Waals surface area contributed by atoms with Crippen LogP contribution in [0.1, 0.15) is 57.1 Å². The Balaban J connectivity index is 2.73. The molecule has 21 heavy (non-hydrogen) atoms. The molecule has 3 nitrogen and oxygen atoms in total. The normalized spacial score (nSPS) is 13.9. The smallest absolute Gasteiger partial charge is 0.379 e. The zero-order valence-electron chi connectivity index (χ0n) is 13.9. The van der Waals surface area contributed by atoms with Gasteiger partial charge in [0.25, 0.3) is 0 Å². The molecule has 0 bridgehead atoms. The highest BCUT2D eigenvalue weighted by Crippen LogP contribution is 2.49. The lowest BCUT2D eigenvalue weighted by atomic mass is 10.1. The second-order valence-electron chi connectivity index (χ2n) is 5.64. The molecule has 0 saturated heterocycles. The minimum atomic E-state index is -3.04. The van der Waals surface area contributed by atoms with E-state index in [2.05, 4.69) is 19.9 Å². The molecule has 1 unspecified atom stereocenters. The molecule has 1 rings (SSSR count). The van der Waals surface area contributed by atoms with Crippen molar-refractivity contribution in [3.63, 3.8) is 0 Å². The van der Waals surface area contributed by atoms with E-state index in [0.29, 0.717) is 18.5 Å². The molecule has 1 atom stereocenters. The van der Waals surface area contributed by atoms with Gasteiger partial charge in [-0.25, -0.2) is 4.57 Å². The van der Waals surface area contributed by atoms with Gasteiger partial charge in [0.1, 0.15) is 5.75 Å². The van der Waals surface area contributed by atoms with E-state index < -0.39 is 7.60 Å². The fraction of sp³-hybridized carbons (Fsp3) is 0.647. The molecular formula is C17H29O3P. The van der Waals surface area contributed by atoms with E-state index in [1.807, 2.05) is 26.0 Å². The topological polar surface area (TPSA) is 35.5 Å². The second-order valence-corrected chi connectivity index (χ2v) is 7.75. The summed E-state index contributed by atoms with van der Waals surface area (Å²) >= 11 is 0. The summed E-state index contributed by atoms with van der Waals surface area (Å²) in [4.78, 5) is 0. The molecule has 0 heterocycles. The summed E-state index contributed by atoms with van der Waals surface area (Å²) in [5.41, 5.74) is 2.22. The molecule has 0 aliphatic carbocycles. The SMILES string of the molecule is CCCCCOP(=O)(CCCC)Oc1cc(C)cc(C)c1. The zero-order chi connectivity index (χ0) is 15.7. The van der Waals surface area contributed by atoms with Crippen LogP contribution in [0.5, 0.6) is 5.75 Å². The minimum Gasteiger partial charge on any atom is -0.424 e. The van der Waals surface area contributed by atoms with Gasteiger partial charge in [0, 0.05) is 0 Å². The van der Waals surface area contributed by atoms with Crippen LogP contribution in [0, 0.1) is 13.8 Å². The van der Waals surface area contributed by atoms with Crippen molar-refractivity contribution in [2.75, 3.05) is 12.8 Å². The van der Waals surface area contributed by atoms with Crippen LogP contribution in [-0.2, 0) is 9.09 Å². The molecule has 0 fully saturated rings. The van der Waals surface area contributed by atoms with E-state index in [0.717, 1.165) is 43.2 Å². The molecule has 1 aromatic carbocycles. The van der Waals surface area contributed by atoms with Crippen LogP contribution in [0.4, 0.5) is 0 Å². The molecule has 1 aromatic rings. The lowest BCUT2D eigenvalue weighted by Gasteiger charge is -2.20. The fourth-order valence-electron chi connectivity index (χ4n) is 2.19. The van der Waals surface area contributed by atoms with E-state index in [9.17, 15) is 4.57 Å². The largest absolute Gasteiger partial charge is 0.424 e. The molecule has 0 radical (unpaired) electrons. The predicted molar refractivity (Wildman–Crippen MR) is 89.4 cm³/mol. The highest BCUT2D eigenvalue weighted by atomic mass is 31.2. The van der Waals surface area contributed by atoms with Gasteiger partial charge >= 0.3 is 7.60 Å². The first kappa shape index (κ1) is 18.3. The maximum atomic E-state index is 12.9. The van der Waals surface area contributed by atoms with E-state index in [-0.39, 0.29) is 0 Å². The zero-order valence-corrected chi connectivity index (χ0v) is 14.7. The number of hydrogen-bond donors (Lipinski definition) is 0. The van der Waals surface area contributed by atoms with Gasteiger partial charge in [0.2, 0.25) is 0 Å². The van der Waals surface area contributed by atoms with Gasteiger partial charge in [-0.1, -0.05) is 39.2 Å². The van der Waals surface area contributed by atoms with E-state index in [1.165, 1.54) is 0 Å². The van der Waals surface area contributed by atoms with Gasteiger partial charge in [0.15, 0.2) is 0 Å². The summed E-state index contributed by atoms with van der Waals surface area (Å²) in [6.45, 7) is 8.76. The molecule has 0 N–H and O–H groups in total. The first-order valence-corrected chi connectivity index (χ1v) is 9.73. The average molecular weight is 312 g/mol. The van der Waals surface area contributed by atoms with Gasteiger partial charge in [0.05, 0.1) is 12.8 Å². The molecule has 0 aliphatic rings. The molecule has 0 aromatic heterocycles. The summed E-state index contributed by atoms with van der Waals surface area (Å²) in [6.07, 6.45) is 5.48. The van der Waals surface area contributed by atoms with Crippen molar-refractivity contribution in [3.05, 3.63) is 29.3 Å². The monoisotopic (exact) mass is 312 g/mol. The number of hydrogen-bond acceptors (Lipinski definition) is 3. The Morgan fingerprint density at radius 2 is 1.57 bits per heavy atom. The van der Waals surface area contributed by atoms with Crippen LogP contribution in [0.25, 0.3) is 0 Å². The Labute approximate surface area is 129 Å².